The molecule has 1 N–H and O–H groups in total. The van der Waals surface area contributed by atoms with Gasteiger partial charge < -0.3 is 10.2 Å². The van der Waals surface area contributed by atoms with Crippen LogP contribution in [0.15, 0.2) is 60.7 Å². The molecule has 0 heterocycles. The number of nitrogens with zero attached hydrogens (tertiary/aromatic N) is 1. The Morgan fingerprint density at radius 1 is 0.906 bits per heavy atom. The van der Waals surface area contributed by atoms with Gasteiger partial charge in [-0.25, -0.2) is 0 Å². The van der Waals surface area contributed by atoms with Crippen LogP contribution in [0.5, 0.6) is 0 Å². The van der Waals surface area contributed by atoms with E-state index in [1.54, 1.807) is 0 Å². The Bertz CT molecular complexity index is 828. The van der Waals surface area contributed by atoms with E-state index in [0.29, 0.717) is 31.8 Å². The Kier molecular flexibility index (Phi) is 9.96. The predicted octanol–water partition coefficient (Wildman–Crippen LogP) is 5.79. The van der Waals surface area contributed by atoms with Crippen LogP contribution in [0.2, 0.25) is 0 Å². The third kappa shape index (κ3) is 9.67. The fourth-order valence-corrected chi connectivity index (χ4v) is 4.19. The van der Waals surface area contributed by atoms with Crippen molar-refractivity contribution in [3.05, 3.63) is 71.8 Å². The molecule has 0 bridgehead atoms. The summed E-state index contributed by atoms with van der Waals surface area (Å²) in [6.07, 6.45) is 2.63. The zero-order chi connectivity index (χ0) is 23.6. The Balaban J connectivity index is 1.95. The maximum Gasteiger partial charge on any atom is 0.222 e. The van der Waals surface area contributed by atoms with Crippen LogP contribution in [-0.2, 0) is 16.0 Å². The molecule has 32 heavy (non-hydrogen) atoms. The number of nitrogens with one attached hydrogen (secondary N) is 1. The van der Waals surface area contributed by atoms with Crippen LogP contribution in [0.3, 0.4) is 0 Å². The van der Waals surface area contributed by atoms with Crippen molar-refractivity contribution in [3.63, 3.8) is 0 Å². The average Bonchev–Trinajstić information content (AvgIpc) is 2.73. The van der Waals surface area contributed by atoms with Crippen LogP contribution >= 0.6 is 0 Å². The quantitative estimate of drug-likeness (QED) is 0.485. The third-order valence-electron chi connectivity index (χ3n) is 5.64. The van der Waals surface area contributed by atoms with Gasteiger partial charge in [-0.1, -0.05) is 88.4 Å². The van der Waals surface area contributed by atoms with Gasteiger partial charge in [0.05, 0.1) is 6.04 Å². The second kappa shape index (κ2) is 12.4. The van der Waals surface area contributed by atoms with Gasteiger partial charge in [0.1, 0.15) is 0 Å². The zero-order valence-electron chi connectivity index (χ0n) is 20.4. The number of rotatable bonds is 11. The molecular formula is C28H40N2O2. The lowest BCUT2D eigenvalue weighted by atomic mass is 9.84. The molecular weight excluding hydrogens is 396 g/mol. The topological polar surface area (TPSA) is 49.4 Å². The Morgan fingerprint density at radius 2 is 1.50 bits per heavy atom. The summed E-state index contributed by atoms with van der Waals surface area (Å²) in [5, 5.41) is 3.06. The first kappa shape index (κ1) is 25.6. The van der Waals surface area contributed by atoms with Gasteiger partial charge in [-0.3, -0.25) is 9.59 Å². The molecule has 0 spiro atoms. The zero-order valence-corrected chi connectivity index (χ0v) is 20.4. The van der Waals surface area contributed by atoms with Gasteiger partial charge in [0.25, 0.3) is 0 Å². The number of amides is 2. The monoisotopic (exact) mass is 436 g/mol. The normalized spacial score (nSPS) is 13.3. The van der Waals surface area contributed by atoms with Crippen molar-refractivity contribution in [2.24, 2.45) is 11.3 Å². The molecule has 0 aromatic heterocycles. The molecule has 0 radical (unpaired) electrons. The largest absolute Gasteiger partial charge is 0.350 e. The van der Waals surface area contributed by atoms with Crippen LogP contribution in [0, 0.1) is 11.3 Å². The maximum absolute atomic E-state index is 13.1. The van der Waals surface area contributed by atoms with Crippen molar-refractivity contribution in [1.82, 2.24) is 10.2 Å². The second-order valence-electron chi connectivity index (χ2n) is 10.1. The van der Waals surface area contributed by atoms with Gasteiger partial charge in [0.2, 0.25) is 11.8 Å². The SMILES string of the molecule is CC(CC(=O)N(CCC(=O)NC(C)c1ccccc1)CCc1ccccc1)CC(C)(C)C. The highest BCUT2D eigenvalue weighted by atomic mass is 16.2. The predicted molar refractivity (Wildman–Crippen MR) is 132 cm³/mol. The first-order valence-electron chi connectivity index (χ1n) is 11.8. The molecule has 4 heteroatoms. The molecule has 0 aliphatic carbocycles. The number of hydrogen-bond donors (Lipinski definition) is 1. The maximum atomic E-state index is 13.1. The van der Waals surface area contributed by atoms with E-state index in [2.05, 4.69) is 45.1 Å². The van der Waals surface area contributed by atoms with E-state index in [1.807, 2.05) is 60.4 Å². The van der Waals surface area contributed by atoms with E-state index in [4.69, 9.17) is 0 Å². The number of carbonyl (C=O) groups is 2. The van der Waals surface area contributed by atoms with Crippen LogP contribution in [0.1, 0.15) is 71.0 Å². The molecule has 0 fully saturated rings. The van der Waals surface area contributed by atoms with Crippen molar-refractivity contribution in [2.75, 3.05) is 13.1 Å². The Labute approximate surface area is 194 Å². The number of benzene rings is 2. The average molecular weight is 437 g/mol. The lowest BCUT2D eigenvalue weighted by molar-refractivity contribution is -0.133. The summed E-state index contributed by atoms with van der Waals surface area (Å²) in [7, 11) is 0. The summed E-state index contributed by atoms with van der Waals surface area (Å²) in [4.78, 5) is 27.6. The van der Waals surface area contributed by atoms with Crippen molar-refractivity contribution >= 4 is 11.8 Å². The molecule has 2 rings (SSSR count). The number of carbonyl (C=O) groups excluding carboxylic acids is 2. The lowest BCUT2D eigenvalue weighted by Crippen LogP contribution is -2.38. The van der Waals surface area contributed by atoms with Crippen LogP contribution in [0.4, 0.5) is 0 Å². The van der Waals surface area contributed by atoms with Crippen molar-refractivity contribution in [1.29, 1.82) is 0 Å². The number of hydrogen-bond acceptors (Lipinski definition) is 2. The second-order valence-corrected chi connectivity index (χ2v) is 10.1. The fraction of sp³-hybridized carbons (Fsp3) is 0.500. The summed E-state index contributed by atoms with van der Waals surface area (Å²) < 4.78 is 0. The summed E-state index contributed by atoms with van der Waals surface area (Å²) in [5.74, 6) is 0.428. The van der Waals surface area contributed by atoms with E-state index in [1.165, 1.54) is 5.56 Å². The molecule has 2 atom stereocenters. The molecule has 0 saturated heterocycles. The van der Waals surface area contributed by atoms with Crippen LogP contribution < -0.4 is 5.32 Å². The van der Waals surface area contributed by atoms with E-state index in [9.17, 15) is 9.59 Å². The van der Waals surface area contributed by atoms with Crippen LogP contribution in [0.25, 0.3) is 0 Å². The third-order valence-corrected chi connectivity index (χ3v) is 5.64. The summed E-state index contributed by atoms with van der Waals surface area (Å²) >= 11 is 0. The smallest absolute Gasteiger partial charge is 0.222 e. The van der Waals surface area contributed by atoms with Gasteiger partial charge in [-0.15, -0.1) is 0 Å². The van der Waals surface area contributed by atoms with Gasteiger partial charge >= 0.3 is 0 Å². The molecule has 4 nitrogen and oxygen atoms in total. The molecule has 2 aromatic carbocycles. The van der Waals surface area contributed by atoms with Gasteiger partial charge in [0, 0.05) is 25.9 Å². The highest BCUT2D eigenvalue weighted by Gasteiger charge is 2.22. The Morgan fingerprint density at radius 3 is 2.09 bits per heavy atom. The molecule has 2 amide bonds. The van der Waals surface area contributed by atoms with E-state index >= 15 is 0 Å². The van der Waals surface area contributed by atoms with Crippen molar-refractivity contribution < 1.29 is 9.59 Å². The standard InChI is InChI=1S/C28H40N2O2/c1-22(21-28(3,4)5)20-27(32)30(18-16-24-12-8-6-9-13-24)19-17-26(31)29-23(2)25-14-10-7-11-15-25/h6-15,22-23H,16-21H2,1-5H3,(H,29,31). The van der Waals surface area contributed by atoms with Gasteiger partial charge in [-0.05, 0) is 42.2 Å². The summed E-state index contributed by atoms with van der Waals surface area (Å²) in [5.41, 5.74) is 2.48. The van der Waals surface area contributed by atoms with E-state index < -0.39 is 0 Å². The minimum atomic E-state index is -0.0519. The molecule has 2 unspecified atom stereocenters. The molecule has 0 aliphatic rings. The molecule has 174 valence electrons. The summed E-state index contributed by atoms with van der Waals surface area (Å²) in [6.45, 7) is 11.8. The fourth-order valence-electron chi connectivity index (χ4n) is 4.19. The molecule has 0 aliphatic heterocycles. The summed E-state index contributed by atoms with van der Waals surface area (Å²) in [6, 6.07) is 20.1. The highest BCUT2D eigenvalue weighted by molar-refractivity contribution is 5.79. The Hall–Kier alpha value is -2.62. The minimum Gasteiger partial charge on any atom is -0.350 e. The van der Waals surface area contributed by atoms with E-state index in [0.717, 1.165) is 18.4 Å². The molecule has 2 aromatic rings. The first-order chi connectivity index (χ1) is 15.1. The first-order valence-corrected chi connectivity index (χ1v) is 11.8. The van der Waals surface area contributed by atoms with Gasteiger partial charge in [0.15, 0.2) is 0 Å². The van der Waals surface area contributed by atoms with E-state index in [-0.39, 0.29) is 23.3 Å². The van der Waals surface area contributed by atoms with Crippen molar-refractivity contribution in [2.45, 2.75) is 66.3 Å². The molecule has 0 saturated carbocycles. The minimum absolute atomic E-state index is 0.0263. The highest BCUT2D eigenvalue weighted by Crippen LogP contribution is 2.26. The van der Waals surface area contributed by atoms with Crippen LogP contribution in [-0.4, -0.2) is 29.8 Å². The lowest BCUT2D eigenvalue weighted by Gasteiger charge is -2.27. The van der Waals surface area contributed by atoms with Gasteiger partial charge in [-0.2, -0.15) is 0 Å². The van der Waals surface area contributed by atoms with Crippen molar-refractivity contribution in [3.8, 4) is 0 Å².